The van der Waals surface area contributed by atoms with Gasteiger partial charge in [-0.05, 0) is 71.1 Å². The van der Waals surface area contributed by atoms with Gasteiger partial charge in [0.2, 0.25) is 0 Å². The number of rotatable bonds is 5. The van der Waals surface area contributed by atoms with Crippen LogP contribution in [-0.2, 0) is 4.74 Å². The van der Waals surface area contributed by atoms with E-state index in [9.17, 15) is 4.79 Å². The van der Waals surface area contributed by atoms with E-state index in [1.807, 2.05) is 20.8 Å². The van der Waals surface area contributed by atoms with Crippen LogP contribution < -0.4 is 10.6 Å². The molecule has 23 heavy (non-hydrogen) atoms. The van der Waals surface area contributed by atoms with Crippen molar-refractivity contribution in [1.29, 1.82) is 0 Å². The first-order valence-corrected chi connectivity index (χ1v) is 9.55. The van der Waals surface area contributed by atoms with Crippen molar-refractivity contribution in [3.8, 4) is 0 Å². The molecule has 2 fully saturated rings. The molecule has 2 unspecified atom stereocenters. The molecule has 2 atom stereocenters. The second kappa shape index (κ2) is 7.87. The number of carbonyl (C=O) groups is 1. The zero-order chi connectivity index (χ0) is 16.9. The molecule has 4 heteroatoms. The average molecular weight is 325 g/mol. The maximum atomic E-state index is 11.9. The van der Waals surface area contributed by atoms with Crippen LogP contribution in [0.25, 0.3) is 0 Å². The lowest BCUT2D eigenvalue weighted by Crippen LogP contribution is -2.47. The van der Waals surface area contributed by atoms with Gasteiger partial charge in [-0.15, -0.1) is 0 Å². The smallest absolute Gasteiger partial charge is 0.407 e. The summed E-state index contributed by atoms with van der Waals surface area (Å²) in [5.41, 5.74) is 0.109. The van der Waals surface area contributed by atoms with Crippen LogP contribution in [0.4, 0.5) is 4.79 Å². The van der Waals surface area contributed by atoms with Crippen LogP contribution in [0.3, 0.4) is 0 Å². The Morgan fingerprint density at radius 2 is 1.78 bits per heavy atom. The fourth-order valence-corrected chi connectivity index (χ4v) is 4.12. The molecule has 0 radical (unpaired) electrons. The van der Waals surface area contributed by atoms with Gasteiger partial charge in [-0.2, -0.15) is 0 Å². The summed E-state index contributed by atoms with van der Waals surface area (Å²) in [5.74, 6) is 0. The summed E-state index contributed by atoms with van der Waals surface area (Å²) < 4.78 is 5.38. The minimum atomic E-state index is -0.424. The number of hydrogen-bond acceptors (Lipinski definition) is 3. The number of hydrogen-bond donors (Lipinski definition) is 2. The molecule has 0 bridgehead atoms. The minimum absolute atomic E-state index is 0.247. The molecule has 0 aromatic carbocycles. The standard InChI is InChI=1S/C19H36N2O2/c1-5-19(11-6-7-12-19)14-20-15-9-8-10-16(13-15)21-17(22)23-18(2,3)4/h15-16,20H,5-14H2,1-4H3,(H,21,22). The normalized spacial score (nSPS) is 27.7. The molecule has 2 rings (SSSR count). The molecule has 4 nitrogen and oxygen atoms in total. The topological polar surface area (TPSA) is 50.4 Å². The van der Waals surface area contributed by atoms with Crippen LogP contribution in [0.5, 0.6) is 0 Å². The Hall–Kier alpha value is -0.770. The van der Waals surface area contributed by atoms with E-state index in [0.717, 1.165) is 19.4 Å². The lowest BCUT2D eigenvalue weighted by Gasteiger charge is -2.35. The van der Waals surface area contributed by atoms with E-state index in [2.05, 4.69) is 17.6 Å². The average Bonchev–Trinajstić information content (AvgIpc) is 2.93. The number of nitrogens with one attached hydrogen (secondary N) is 2. The van der Waals surface area contributed by atoms with Crippen molar-refractivity contribution in [3.05, 3.63) is 0 Å². The zero-order valence-electron chi connectivity index (χ0n) is 15.5. The van der Waals surface area contributed by atoms with Gasteiger partial charge in [-0.3, -0.25) is 0 Å². The highest BCUT2D eigenvalue weighted by Crippen LogP contribution is 2.40. The molecule has 0 aliphatic heterocycles. The summed E-state index contributed by atoms with van der Waals surface area (Å²) in [6.07, 6.45) is 11.0. The predicted molar refractivity (Wildman–Crippen MR) is 94.6 cm³/mol. The van der Waals surface area contributed by atoms with E-state index in [1.54, 1.807) is 0 Å². The first-order valence-electron chi connectivity index (χ1n) is 9.55. The Labute approximate surface area is 142 Å². The monoisotopic (exact) mass is 324 g/mol. The summed E-state index contributed by atoms with van der Waals surface area (Å²) in [4.78, 5) is 11.9. The molecule has 0 aromatic rings. The maximum Gasteiger partial charge on any atom is 0.407 e. The summed E-state index contributed by atoms with van der Waals surface area (Å²) >= 11 is 0. The molecule has 134 valence electrons. The third kappa shape index (κ3) is 5.98. The van der Waals surface area contributed by atoms with Gasteiger partial charge in [0.25, 0.3) is 0 Å². The second-order valence-electron chi connectivity index (χ2n) is 8.65. The van der Waals surface area contributed by atoms with Crippen LogP contribution in [0.1, 0.15) is 85.5 Å². The molecule has 0 heterocycles. The van der Waals surface area contributed by atoms with Crippen molar-refractivity contribution in [1.82, 2.24) is 10.6 Å². The van der Waals surface area contributed by atoms with Crippen LogP contribution in [0, 0.1) is 5.41 Å². The highest BCUT2D eigenvalue weighted by molar-refractivity contribution is 5.68. The number of amides is 1. The third-order valence-corrected chi connectivity index (χ3v) is 5.58. The Morgan fingerprint density at radius 3 is 2.39 bits per heavy atom. The van der Waals surface area contributed by atoms with Crippen molar-refractivity contribution >= 4 is 6.09 Å². The minimum Gasteiger partial charge on any atom is -0.444 e. The highest BCUT2D eigenvalue weighted by Gasteiger charge is 2.33. The molecule has 2 saturated carbocycles. The largest absolute Gasteiger partial charge is 0.444 e. The molecular formula is C19H36N2O2. The number of alkyl carbamates (subject to hydrolysis) is 1. The van der Waals surface area contributed by atoms with Crippen molar-refractivity contribution in [2.45, 2.75) is 103 Å². The van der Waals surface area contributed by atoms with E-state index in [0.29, 0.717) is 11.5 Å². The quantitative estimate of drug-likeness (QED) is 0.789. The molecule has 2 aliphatic carbocycles. The Kier molecular flexibility index (Phi) is 6.35. The Balaban J connectivity index is 1.76. The van der Waals surface area contributed by atoms with Gasteiger partial charge in [-0.1, -0.05) is 19.8 Å². The van der Waals surface area contributed by atoms with Gasteiger partial charge in [0.05, 0.1) is 0 Å². The Bertz CT molecular complexity index is 383. The van der Waals surface area contributed by atoms with E-state index in [1.165, 1.54) is 44.9 Å². The predicted octanol–water partition coefficient (Wildman–Crippen LogP) is 4.38. The third-order valence-electron chi connectivity index (χ3n) is 5.58. The van der Waals surface area contributed by atoms with Gasteiger partial charge < -0.3 is 15.4 Å². The summed E-state index contributed by atoms with van der Waals surface area (Å²) in [7, 11) is 0. The number of carbonyl (C=O) groups excluding carboxylic acids is 1. The van der Waals surface area contributed by atoms with Gasteiger partial charge in [0, 0.05) is 18.6 Å². The van der Waals surface area contributed by atoms with E-state index < -0.39 is 5.60 Å². The van der Waals surface area contributed by atoms with Gasteiger partial charge in [-0.25, -0.2) is 4.79 Å². The van der Waals surface area contributed by atoms with Gasteiger partial charge >= 0.3 is 6.09 Å². The SMILES string of the molecule is CCC1(CNC2CCCC(NC(=O)OC(C)(C)C)C2)CCCC1. The van der Waals surface area contributed by atoms with Crippen molar-refractivity contribution < 1.29 is 9.53 Å². The fraction of sp³-hybridized carbons (Fsp3) is 0.947. The van der Waals surface area contributed by atoms with E-state index >= 15 is 0 Å². The zero-order valence-corrected chi connectivity index (χ0v) is 15.5. The molecule has 2 N–H and O–H groups in total. The van der Waals surface area contributed by atoms with Gasteiger partial charge in [0.1, 0.15) is 5.60 Å². The lowest BCUT2D eigenvalue weighted by atomic mass is 9.82. The summed E-state index contributed by atoms with van der Waals surface area (Å²) in [6.45, 7) is 9.20. The van der Waals surface area contributed by atoms with Crippen LogP contribution in [0.15, 0.2) is 0 Å². The molecular weight excluding hydrogens is 288 g/mol. The second-order valence-corrected chi connectivity index (χ2v) is 8.65. The molecule has 2 aliphatic rings. The number of ether oxygens (including phenoxy) is 1. The molecule has 0 saturated heterocycles. The van der Waals surface area contributed by atoms with Crippen molar-refractivity contribution in [2.75, 3.05) is 6.54 Å². The Morgan fingerprint density at radius 1 is 1.13 bits per heavy atom. The van der Waals surface area contributed by atoms with Crippen LogP contribution in [0.2, 0.25) is 0 Å². The lowest BCUT2D eigenvalue weighted by molar-refractivity contribution is 0.0487. The first kappa shape index (κ1) is 18.6. The molecule has 1 amide bonds. The summed E-state index contributed by atoms with van der Waals surface area (Å²) in [6, 6.07) is 0.782. The first-order chi connectivity index (χ1) is 10.8. The van der Waals surface area contributed by atoms with E-state index in [4.69, 9.17) is 4.74 Å². The molecule has 0 aromatic heterocycles. The maximum absolute atomic E-state index is 11.9. The van der Waals surface area contributed by atoms with Crippen LogP contribution >= 0.6 is 0 Å². The van der Waals surface area contributed by atoms with E-state index in [-0.39, 0.29) is 12.1 Å². The fourth-order valence-electron chi connectivity index (χ4n) is 4.12. The molecule has 0 spiro atoms. The van der Waals surface area contributed by atoms with Crippen LogP contribution in [-0.4, -0.2) is 30.3 Å². The van der Waals surface area contributed by atoms with Crippen molar-refractivity contribution in [3.63, 3.8) is 0 Å². The van der Waals surface area contributed by atoms with Gasteiger partial charge in [0.15, 0.2) is 0 Å². The highest BCUT2D eigenvalue weighted by atomic mass is 16.6. The summed E-state index contributed by atoms with van der Waals surface area (Å²) in [5, 5.41) is 6.87. The van der Waals surface area contributed by atoms with Crippen molar-refractivity contribution in [2.24, 2.45) is 5.41 Å².